The molecule has 3 rings (SSSR count). The van der Waals surface area contributed by atoms with Crippen LogP contribution in [0.4, 0.5) is 0 Å². The summed E-state index contributed by atoms with van der Waals surface area (Å²) in [7, 11) is 0. The van der Waals surface area contributed by atoms with Gasteiger partial charge in [-0.25, -0.2) is 0 Å². The molecule has 0 fully saturated rings. The van der Waals surface area contributed by atoms with E-state index in [0.29, 0.717) is 18.8 Å². The third kappa shape index (κ3) is 7.91. The van der Waals surface area contributed by atoms with Crippen molar-refractivity contribution in [2.24, 2.45) is 0 Å². The number of carbonyl (C=O) groups excluding carboxylic acids is 1. The monoisotopic (exact) mass is 416 g/mol. The summed E-state index contributed by atoms with van der Waals surface area (Å²) in [6, 6.07) is 25.6. The maximum Gasteiger partial charge on any atom is 0.251 e. The Labute approximate surface area is 185 Å². The molecule has 0 spiro atoms. The summed E-state index contributed by atoms with van der Waals surface area (Å²) in [5, 5.41) is 15.9. The Morgan fingerprint density at radius 1 is 0.710 bits per heavy atom. The Bertz CT molecular complexity index is 923. The average molecular weight is 417 g/mol. The molecule has 3 N–H and O–H groups in total. The molecule has 0 heterocycles. The summed E-state index contributed by atoms with van der Waals surface area (Å²) in [4.78, 5) is 12.6. The number of hydrogen-bond donors (Lipinski definition) is 3. The van der Waals surface area contributed by atoms with E-state index in [1.54, 1.807) is 12.1 Å². The number of unbranched alkanes of at least 4 members (excludes halogenated alkanes) is 1. The molecule has 0 aliphatic rings. The van der Waals surface area contributed by atoms with Crippen LogP contribution in [-0.2, 0) is 19.4 Å². The predicted molar refractivity (Wildman–Crippen MR) is 126 cm³/mol. The zero-order valence-corrected chi connectivity index (χ0v) is 18.0. The van der Waals surface area contributed by atoms with E-state index in [1.165, 1.54) is 11.1 Å². The molecule has 4 nitrogen and oxygen atoms in total. The van der Waals surface area contributed by atoms with E-state index in [-0.39, 0.29) is 5.91 Å². The molecule has 0 aromatic heterocycles. The SMILES string of the molecule is O=C(NCCCCc1ccccc1)c1ccccc1CNCCCc1ccc(O)cc1. The minimum absolute atomic E-state index is 0.00112. The Morgan fingerprint density at radius 2 is 1.39 bits per heavy atom. The highest BCUT2D eigenvalue weighted by atomic mass is 16.3. The van der Waals surface area contributed by atoms with Crippen LogP contribution in [0, 0.1) is 0 Å². The van der Waals surface area contributed by atoms with Crippen molar-refractivity contribution in [2.75, 3.05) is 13.1 Å². The van der Waals surface area contributed by atoms with Crippen molar-refractivity contribution in [3.8, 4) is 5.75 Å². The van der Waals surface area contributed by atoms with Crippen LogP contribution >= 0.6 is 0 Å². The van der Waals surface area contributed by atoms with Gasteiger partial charge in [0.25, 0.3) is 5.91 Å². The number of carbonyl (C=O) groups is 1. The molecule has 3 aromatic carbocycles. The summed E-state index contributed by atoms with van der Waals surface area (Å²) in [5.74, 6) is 0.300. The molecule has 0 saturated heterocycles. The number of hydrogen-bond acceptors (Lipinski definition) is 3. The lowest BCUT2D eigenvalue weighted by Crippen LogP contribution is -2.27. The van der Waals surface area contributed by atoms with Crippen LogP contribution in [0.1, 0.15) is 46.3 Å². The molecule has 1 amide bonds. The van der Waals surface area contributed by atoms with Gasteiger partial charge in [-0.1, -0.05) is 60.7 Å². The Balaban J connectivity index is 1.36. The van der Waals surface area contributed by atoms with Gasteiger partial charge in [-0.05, 0) is 73.5 Å². The first kappa shape index (κ1) is 22.6. The number of rotatable bonds is 12. The molecule has 31 heavy (non-hydrogen) atoms. The van der Waals surface area contributed by atoms with E-state index < -0.39 is 0 Å². The Kier molecular flexibility index (Phi) is 9.14. The van der Waals surface area contributed by atoms with E-state index in [9.17, 15) is 9.90 Å². The van der Waals surface area contributed by atoms with Crippen molar-refractivity contribution in [1.82, 2.24) is 10.6 Å². The number of benzene rings is 3. The number of amides is 1. The fraction of sp³-hybridized carbons (Fsp3) is 0.296. The van der Waals surface area contributed by atoms with Gasteiger partial charge in [-0.2, -0.15) is 0 Å². The molecule has 0 bridgehead atoms. The van der Waals surface area contributed by atoms with Gasteiger partial charge in [0.1, 0.15) is 5.75 Å². The van der Waals surface area contributed by atoms with Crippen LogP contribution in [0.3, 0.4) is 0 Å². The molecule has 3 aromatic rings. The van der Waals surface area contributed by atoms with Crippen molar-refractivity contribution < 1.29 is 9.90 Å². The van der Waals surface area contributed by atoms with Crippen molar-refractivity contribution >= 4 is 5.91 Å². The first-order chi connectivity index (χ1) is 15.2. The lowest BCUT2D eigenvalue weighted by atomic mass is 10.1. The van der Waals surface area contributed by atoms with Gasteiger partial charge < -0.3 is 15.7 Å². The molecular weight excluding hydrogens is 384 g/mol. The van der Waals surface area contributed by atoms with E-state index in [0.717, 1.165) is 49.8 Å². The number of aromatic hydroxyl groups is 1. The predicted octanol–water partition coefficient (Wildman–Crippen LogP) is 4.87. The summed E-state index contributed by atoms with van der Waals surface area (Å²) in [6.07, 6.45) is 5.03. The zero-order valence-electron chi connectivity index (χ0n) is 18.0. The highest BCUT2D eigenvalue weighted by molar-refractivity contribution is 5.95. The highest BCUT2D eigenvalue weighted by Gasteiger charge is 2.10. The fourth-order valence-electron chi connectivity index (χ4n) is 3.60. The van der Waals surface area contributed by atoms with E-state index in [1.807, 2.05) is 42.5 Å². The maximum atomic E-state index is 12.6. The van der Waals surface area contributed by atoms with Crippen LogP contribution < -0.4 is 10.6 Å². The standard InChI is InChI=1S/C27H32N2O2/c30-25-17-15-23(16-18-25)12-8-19-28-21-24-13-4-5-14-26(24)27(31)29-20-7-6-11-22-9-2-1-3-10-22/h1-5,9-10,13-18,28,30H,6-8,11-12,19-21H2,(H,29,31). The topological polar surface area (TPSA) is 61.4 Å². The van der Waals surface area contributed by atoms with Crippen molar-refractivity contribution in [1.29, 1.82) is 0 Å². The quantitative estimate of drug-likeness (QED) is 0.369. The van der Waals surface area contributed by atoms with Crippen LogP contribution in [0.2, 0.25) is 0 Å². The van der Waals surface area contributed by atoms with Gasteiger partial charge in [0.15, 0.2) is 0 Å². The fourth-order valence-corrected chi connectivity index (χ4v) is 3.60. The van der Waals surface area contributed by atoms with Gasteiger partial charge >= 0.3 is 0 Å². The maximum absolute atomic E-state index is 12.6. The number of nitrogens with one attached hydrogen (secondary N) is 2. The lowest BCUT2D eigenvalue weighted by Gasteiger charge is -2.11. The smallest absolute Gasteiger partial charge is 0.251 e. The summed E-state index contributed by atoms with van der Waals surface area (Å²) in [6.45, 7) is 2.24. The van der Waals surface area contributed by atoms with Crippen LogP contribution in [-0.4, -0.2) is 24.1 Å². The van der Waals surface area contributed by atoms with E-state index in [2.05, 4.69) is 34.9 Å². The largest absolute Gasteiger partial charge is 0.508 e. The molecule has 4 heteroatoms. The van der Waals surface area contributed by atoms with Gasteiger partial charge in [0, 0.05) is 18.7 Å². The van der Waals surface area contributed by atoms with Crippen LogP contribution in [0.5, 0.6) is 5.75 Å². The summed E-state index contributed by atoms with van der Waals surface area (Å²) < 4.78 is 0. The third-order valence-electron chi connectivity index (χ3n) is 5.35. The number of aryl methyl sites for hydroxylation is 2. The Morgan fingerprint density at radius 3 is 2.19 bits per heavy atom. The second-order valence-corrected chi connectivity index (χ2v) is 7.80. The minimum Gasteiger partial charge on any atom is -0.508 e. The second kappa shape index (κ2) is 12.6. The van der Waals surface area contributed by atoms with E-state index >= 15 is 0 Å². The molecular formula is C27H32N2O2. The van der Waals surface area contributed by atoms with Gasteiger partial charge in [-0.15, -0.1) is 0 Å². The first-order valence-corrected chi connectivity index (χ1v) is 11.1. The summed E-state index contributed by atoms with van der Waals surface area (Å²) >= 11 is 0. The summed E-state index contributed by atoms with van der Waals surface area (Å²) in [5.41, 5.74) is 4.33. The molecule has 0 atom stereocenters. The molecule has 0 radical (unpaired) electrons. The molecule has 0 aliphatic heterocycles. The zero-order chi connectivity index (χ0) is 21.7. The van der Waals surface area contributed by atoms with Crippen molar-refractivity contribution in [3.63, 3.8) is 0 Å². The van der Waals surface area contributed by atoms with Crippen molar-refractivity contribution in [3.05, 3.63) is 101 Å². The van der Waals surface area contributed by atoms with Crippen LogP contribution in [0.15, 0.2) is 78.9 Å². The molecule has 0 unspecified atom stereocenters. The van der Waals surface area contributed by atoms with Crippen LogP contribution in [0.25, 0.3) is 0 Å². The number of phenols is 1. The lowest BCUT2D eigenvalue weighted by molar-refractivity contribution is 0.0952. The van der Waals surface area contributed by atoms with Gasteiger partial charge in [0.2, 0.25) is 0 Å². The number of phenolic OH excluding ortho intramolecular Hbond substituents is 1. The van der Waals surface area contributed by atoms with Gasteiger partial charge in [0.05, 0.1) is 0 Å². The molecule has 0 saturated carbocycles. The van der Waals surface area contributed by atoms with Crippen molar-refractivity contribution in [2.45, 2.75) is 38.6 Å². The Hall–Kier alpha value is -3.11. The van der Waals surface area contributed by atoms with Gasteiger partial charge in [-0.3, -0.25) is 4.79 Å². The van der Waals surface area contributed by atoms with E-state index in [4.69, 9.17) is 0 Å². The average Bonchev–Trinajstić information content (AvgIpc) is 2.80. The second-order valence-electron chi connectivity index (χ2n) is 7.80. The first-order valence-electron chi connectivity index (χ1n) is 11.1. The molecule has 0 aliphatic carbocycles. The third-order valence-corrected chi connectivity index (χ3v) is 5.35. The highest BCUT2D eigenvalue weighted by Crippen LogP contribution is 2.12. The minimum atomic E-state index is 0.00112. The molecule has 162 valence electrons. The normalized spacial score (nSPS) is 10.7.